The normalized spacial score (nSPS) is 24.6. The number of benzene rings is 1. The van der Waals surface area contributed by atoms with E-state index in [4.69, 9.17) is 9.47 Å². The molecule has 3 aliphatic heterocycles. The van der Waals surface area contributed by atoms with Gasteiger partial charge in [0.2, 0.25) is 0 Å². The van der Waals surface area contributed by atoms with Crippen LogP contribution in [-0.4, -0.2) is 67.1 Å². The zero-order chi connectivity index (χ0) is 15.7. The zero-order valence-corrected chi connectivity index (χ0v) is 13.2. The Morgan fingerprint density at radius 1 is 1.09 bits per heavy atom. The topological polar surface area (TPSA) is 54.0 Å². The Kier molecular flexibility index (Phi) is 3.97. The molecule has 3 aliphatic rings. The van der Waals surface area contributed by atoms with Gasteiger partial charge in [0.05, 0.1) is 13.2 Å². The van der Waals surface area contributed by atoms with Crippen LogP contribution in [0.1, 0.15) is 12.8 Å². The standard InChI is InChI=1S/C17H23N3O3/c21-16(18-14-4-2-1-3-5-14)20-12-15(13-20)19-8-6-17(7-9-19)22-10-11-23-17/h1-5,15H,6-13H2,(H,18,21). The van der Waals surface area contributed by atoms with Gasteiger partial charge in [0.15, 0.2) is 5.79 Å². The lowest BCUT2D eigenvalue weighted by atomic mass is 9.99. The molecule has 6 nitrogen and oxygen atoms in total. The molecule has 3 heterocycles. The fourth-order valence-corrected chi connectivity index (χ4v) is 3.59. The number of carbonyl (C=O) groups excluding carboxylic acids is 1. The summed E-state index contributed by atoms with van der Waals surface area (Å²) in [4.78, 5) is 16.5. The second-order valence-electron chi connectivity index (χ2n) is 6.50. The van der Waals surface area contributed by atoms with Crippen molar-refractivity contribution in [3.63, 3.8) is 0 Å². The smallest absolute Gasteiger partial charge is 0.321 e. The molecule has 0 aromatic heterocycles. The highest BCUT2D eigenvalue weighted by molar-refractivity contribution is 5.89. The molecule has 0 radical (unpaired) electrons. The highest BCUT2D eigenvalue weighted by Crippen LogP contribution is 2.33. The molecule has 1 aromatic carbocycles. The lowest BCUT2D eigenvalue weighted by Gasteiger charge is -2.48. The maximum atomic E-state index is 12.2. The number of anilines is 1. The molecule has 1 aromatic rings. The summed E-state index contributed by atoms with van der Waals surface area (Å²) in [5.74, 6) is -0.315. The fraction of sp³-hybridized carbons (Fsp3) is 0.588. The molecule has 0 unspecified atom stereocenters. The minimum absolute atomic E-state index is 0.0108. The molecule has 3 saturated heterocycles. The van der Waals surface area contributed by atoms with Gasteiger partial charge in [-0.2, -0.15) is 0 Å². The third-order valence-electron chi connectivity index (χ3n) is 5.06. The third-order valence-corrected chi connectivity index (χ3v) is 5.06. The molecule has 4 rings (SSSR count). The number of hydrogen-bond donors (Lipinski definition) is 1. The number of likely N-dealkylation sites (tertiary alicyclic amines) is 2. The van der Waals surface area contributed by atoms with E-state index < -0.39 is 0 Å². The lowest BCUT2D eigenvalue weighted by molar-refractivity contribution is -0.190. The van der Waals surface area contributed by atoms with E-state index in [0.717, 1.165) is 57.9 Å². The Labute approximate surface area is 136 Å². The van der Waals surface area contributed by atoms with Crippen LogP contribution in [-0.2, 0) is 9.47 Å². The molecule has 1 spiro atoms. The predicted octanol–water partition coefficient (Wildman–Crippen LogP) is 1.74. The van der Waals surface area contributed by atoms with E-state index in [9.17, 15) is 4.79 Å². The van der Waals surface area contributed by atoms with E-state index >= 15 is 0 Å². The summed E-state index contributed by atoms with van der Waals surface area (Å²) in [5, 5.41) is 2.94. The summed E-state index contributed by atoms with van der Waals surface area (Å²) in [6, 6.07) is 10.0. The lowest BCUT2D eigenvalue weighted by Crippen LogP contribution is -2.64. The number of para-hydroxylation sites is 1. The summed E-state index contributed by atoms with van der Waals surface area (Å²) in [5.41, 5.74) is 0.844. The number of nitrogens with zero attached hydrogens (tertiary/aromatic N) is 2. The van der Waals surface area contributed by atoms with Crippen LogP contribution < -0.4 is 5.32 Å². The number of urea groups is 1. The molecule has 0 saturated carbocycles. The Hall–Kier alpha value is -1.63. The predicted molar refractivity (Wildman–Crippen MR) is 86.3 cm³/mol. The van der Waals surface area contributed by atoms with Gasteiger partial charge in [-0.3, -0.25) is 4.90 Å². The summed E-state index contributed by atoms with van der Waals surface area (Å²) in [7, 11) is 0. The molecule has 0 atom stereocenters. The van der Waals surface area contributed by atoms with E-state index in [2.05, 4.69) is 10.2 Å². The summed E-state index contributed by atoms with van der Waals surface area (Å²) < 4.78 is 11.5. The molecule has 1 N–H and O–H groups in total. The average Bonchev–Trinajstić information content (AvgIpc) is 2.97. The first-order valence-electron chi connectivity index (χ1n) is 8.37. The van der Waals surface area contributed by atoms with Crippen LogP contribution >= 0.6 is 0 Å². The first-order chi connectivity index (χ1) is 11.2. The van der Waals surface area contributed by atoms with Crippen LogP contribution in [0.4, 0.5) is 10.5 Å². The molecule has 0 bridgehead atoms. The third kappa shape index (κ3) is 3.06. The van der Waals surface area contributed by atoms with Crippen LogP contribution in [0.25, 0.3) is 0 Å². The first-order valence-corrected chi connectivity index (χ1v) is 8.37. The maximum absolute atomic E-state index is 12.2. The molecular weight excluding hydrogens is 294 g/mol. The monoisotopic (exact) mass is 317 g/mol. The highest BCUT2D eigenvalue weighted by Gasteiger charge is 2.43. The zero-order valence-electron chi connectivity index (χ0n) is 13.2. The Morgan fingerprint density at radius 3 is 2.39 bits per heavy atom. The molecule has 2 amide bonds. The van der Waals surface area contributed by atoms with Crippen molar-refractivity contribution < 1.29 is 14.3 Å². The quantitative estimate of drug-likeness (QED) is 0.903. The van der Waals surface area contributed by atoms with Crippen molar-refractivity contribution in [1.82, 2.24) is 9.80 Å². The number of piperidine rings is 1. The number of hydrogen-bond acceptors (Lipinski definition) is 4. The Balaban J connectivity index is 1.23. The van der Waals surface area contributed by atoms with Gasteiger partial charge in [0.25, 0.3) is 0 Å². The van der Waals surface area contributed by atoms with Crippen molar-refractivity contribution in [2.45, 2.75) is 24.7 Å². The van der Waals surface area contributed by atoms with E-state index in [0.29, 0.717) is 6.04 Å². The van der Waals surface area contributed by atoms with Gasteiger partial charge >= 0.3 is 6.03 Å². The number of nitrogens with one attached hydrogen (secondary N) is 1. The molecule has 3 fully saturated rings. The maximum Gasteiger partial charge on any atom is 0.321 e. The SMILES string of the molecule is O=C(Nc1ccccc1)N1CC(N2CCC3(CC2)OCCO3)C1. The van der Waals surface area contributed by atoms with Crippen LogP contribution in [0, 0.1) is 0 Å². The van der Waals surface area contributed by atoms with Gasteiger partial charge in [0, 0.05) is 50.7 Å². The summed E-state index contributed by atoms with van der Waals surface area (Å²) in [6.45, 7) is 5.01. The van der Waals surface area contributed by atoms with E-state index in [1.54, 1.807) is 0 Å². The number of ether oxygens (including phenoxy) is 2. The van der Waals surface area contributed by atoms with E-state index in [1.165, 1.54) is 0 Å². The minimum atomic E-state index is -0.315. The highest BCUT2D eigenvalue weighted by atomic mass is 16.7. The number of rotatable bonds is 2. The molecular formula is C17H23N3O3. The van der Waals surface area contributed by atoms with Crippen LogP contribution in [0.2, 0.25) is 0 Å². The molecule has 6 heteroatoms. The van der Waals surface area contributed by atoms with Gasteiger partial charge < -0.3 is 19.7 Å². The van der Waals surface area contributed by atoms with Crippen molar-refractivity contribution in [3.8, 4) is 0 Å². The van der Waals surface area contributed by atoms with Gasteiger partial charge in [-0.05, 0) is 12.1 Å². The van der Waals surface area contributed by atoms with Gasteiger partial charge in [-0.15, -0.1) is 0 Å². The van der Waals surface area contributed by atoms with Crippen molar-refractivity contribution in [3.05, 3.63) is 30.3 Å². The summed E-state index contributed by atoms with van der Waals surface area (Å²) in [6.07, 6.45) is 1.86. The van der Waals surface area contributed by atoms with Crippen LogP contribution in [0.5, 0.6) is 0 Å². The van der Waals surface area contributed by atoms with E-state index in [1.807, 2.05) is 35.2 Å². The average molecular weight is 317 g/mol. The van der Waals surface area contributed by atoms with E-state index in [-0.39, 0.29) is 11.8 Å². The summed E-state index contributed by atoms with van der Waals surface area (Å²) >= 11 is 0. The van der Waals surface area contributed by atoms with Gasteiger partial charge in [0.1, 0.15) is 0 Å². The largest absolute Gasteiger partial charge is 0.347 e. The second kappa shape index (κ2) is 6.11. The second-order valence-corrected chi connectivity index (χ2v) is 6.50. The van der Waals surface area contributed by atoms with Crippen molar-refractivity contribution >= 4 is 11.7 Å². The fourth-order valence-electron chi connectivity index (χ4n) is 3.59. The number of amides is 2. The Bertz CT molecular complexity index is 543. The molecule has 23 heavy (non-hydrogen) atoms. The van der Waals surface area contributed by atoms with Crippen molar-refractivity contribution in [1.29, 1.82) is 0 Å². The van der Waals surface area contributed by atoms with Crippen LogP contribution in [0.15, 0.2) is 30.3 Å². The van der Waals surface area contributed by atoms with Crippen molar-refractivity contribution in [2.75, 3.05) is 44.7 Å². The van der Waals surface area contributed by atoms with Crippen molar-refractivity contribution in [2.24, 2.45) is 0 Å². The minimum Gasteiger partial charge on any atom is -0.347 e. The molecule has 0 aliphatic carbocycles. The first kappa shape index (κ1) is 14.9. The van der Waals surface area contributed by atoms with Gasteiger partial charge in [-0.1, -0.05) is 18.2 Å². The number of carbonyl (C=O) groups is 1. The molecule has 124 valence electrons. The van der Waals surface area contributed by atoms with Crippen LogP contribution in [0.3, 0.4) is 0 Å². The van der Waals surface area contributed by atoms with Gasteiger partial charge in [-0.25, -0.2) is 4.79 Å². The Morgan fingerprint density at radius 2 is 1.74 bits per heavy atom.